The summed E-state index contributed by atoms with van der Waals surface area (Å²) in [6.07, 6.45) is 0.618. The Balaban J connectivity index is 2.35. The number of rotatable bonds is 3. The van der Waals surface area contributed by atoms with Crippen LogP contribution in [0.3, 0.4) is 0 Å². The molecule has 0 radical (unpaired) electrons. The van der Waals surface area contributed by atoms with E-state index in [1.165, 1.54) is 24.3 Å². The van der Waals surface area contributed by atoms with Crippen LogP contribution in [0.2, 0.25) is 0 Å². The molecule has 3 rings (SSSR count). The number of carbonyl (C=O) groups excluding carboxylic acids is 1. The molecular formula is C25H26F2O. The smallest absolute Gasteiger partial charge is 0.134 e. The molecule has 2 aromatic carbocycles. The standard InChI is InChI=1S/C25H26F2O/c1-15(2)24-21(14-22(16(3)28)25(24,4)5)23(17-6-10-19(26)11-7-17)18-8-12-20(27)13-9-18/h6-13,22H,14H2,1-5H3. The summed E-state index contributed by atoms with van der Waals surface area (Å²) in [7, 11) is 0. The fraction of sp³-hybridized carbons (Fsp3) is 0.320. The van der Waals surface area contributed by atoms with E-state index in [1.54, 1.807) is 31.2 Å². The third kappa shape index (κ3) is 3.58. The van der Waals surface area contributed by atoms with Gasteiger partial charge in [-0.25, -0.2) is 8.78 Å². The summed E-state index contributed by atoms with van der Waals surface area (Å²) < 4.78 is 27.1. The molecule has 1 atom stereocenters. The van der Waals surface area contributed by atoms with Crippen molar-refractivity contribution in [2.75, 3.05) is 0 Å². The lowest BCUT2D eigenvalue weighted by molar-refractivity contribution is -0.122. The molecule has 1 aliphatic carbocycles. The summed E-state index contributed by atoms with van der Waals surface area (Å²) in [5, 5.41) is 0. The molecule has 146 valence electrons. The summed E-state index contributed by atoms with van der Waals surface area (Å²) in [5.74, 6) is -0.564. The fourth-order valence-electron chi connectivity index (χ4n) is 4.70. The lowest BCUT2D eigenvalue weighted by Crippen LogP contribution is -2.25. The molecule has 1 fully saturated rings. The van der Waals surface area contributed by atoms with Crippen LogP contribution in [-0.4, -0.2) is 5.78 Å². The van der Waals surface area contributed by atoms with Crippen LogP contribution in [0.25, 0.3) is 5.57 Å². The fourth-order valence-corrected chi connectivity index (χ4v) is 4.70. The predicted octanol–water partition coefficient (Wildman–Crippen LogP) is 6.74. The highest BCUT2D eigenvalue weighted by Gasteiger charge is 2.45. The first-order chi connectivity index (χ1) is 13.1. The number of benzene rings is 2. The first-order valence-corrected chi connectivity index (χ1v) is 9.56. The third-order valence-corrected chi connectivity index (χ3v) is 5.78. The molecule has 0 saturated heterocycles. The van der Waals surface area contributed by atoms with E-state index in [0.29, 0.717) is 6.42 Å². The van der Waals surface area contributed by atoms with Crippen LogP contribution >= 0.6 is 0 Å². The first kappa shape index (κ1) is 20.2. The number of ketones is 1. The van der Waals surface area contributed by atoms with Crippen molar-refractivity contribution in [2.45, 2.75) is 41.0 Å². The van der Waals surface area contributed by atoms with Crippen molar-refractivity contribution in [1.82, 2.24) is 0 Å². The zero-order chi connectivity index (χ0) is 20.6. The van der Waals surface area contributed by atoms with Gasteiger partial charge in [0.1, 0.15) is 17.4 Å². The van der Waals surface area contributed by atoms with E-state index < -0.39 is 0 Å². The van der Waals surface area contributed by atoms with Gasteiger partial charge in [-0.3, -0.25) is 4.79 Å². The summed E-state index contributed by atoms with van der Waals surface area (Å²) in [6.45, 7) is 10.00. The molecule has 0 bridgehead atoms. The number of carbonyl (C=O) groups is 1. The molecule has 0 aliphatic heterocycles. The molecule has 0 amide bonds. The number of Topliss-reactive ketones (excluding diaryl/α,β-unsaturated/α-hetero) is 1. The molecule has 2 aromatic rings. The first-order valence-electron chi connectivity index (χ1n) is 9.56. The highest BCUT2D eigenvalue weighted by atomic mass is 19.1. The van der Waals surface area contributed by atoms with E-state index in [0.717, 1.165) is 33.4 Å². The summed E-state index contributed by atoms with van der Waals surface area (Å²) >= 11 is 0. The van der Waals surface area contributed by atoms with Crippen molar-refractivity contribution in [1.29, 1.82) is 0 Å². The lowest BCUT2D eigenvalue weighted by atomic mass is 9.75. The second-order valence-electron chi connectivity index (χ2n) is 8.33. The van der Waals surface area contributed by atoms with Crippen LogP contribution in [0.5, 0.6) is 0 Å². The second kappa shape index (κ2) is 7.46. The lowest BCUT2D eigenvalue weighted by Gasteiger charge is -2.28. The van der Waals surface area contributed by atoms with Crippen LogP contribution in [0.1, 0.15) is 52.2 Å². The zero-order valence-corrected chi connectivity index (χ0v) is 17.1. The molecule has 0 N–H and O–H groups in total. The Labute approximate surface area is 165 Å². The Hall–Kier alpha value is -2.55. The van der Waals surface area contributed by atoms with E-state index in [-0.39, 0.29) is 28.8 Å². The molecule has 28 heavy (non-hydrogen) atoms. The normalized spacial score (nSPS) is 18.3. The van der Waals surface area contributed by atoms with E-state index in [2.05, 4.69) is 27.7 Å². The Morgan fingerprint density at radius 2 is 1.29 bits per heavy atom. The second-order valence-corrected chi connectivity index (χ2v) is 8.33. The van der Waals surface area contributed by atoms with E-state index in [4.69, 9.17) is 0 Å². The zero-order valence-electron chi connectivity index (χ0n) is 17.1. The minimum atomic E-state index is -0.303. The van der Waals surface area contributed by atoms with Gasteiger partial charge in [-0.1, -0.05) is 43.7 Å². The van der Waals surface area contributed by atoms with Crippen molar-refractivity contribution in [3.05, 3.63) is 88.0 Å². The SMILES string of the molecule is CC(=O)C1CC(=C(c2ccc(F)cc2)c2ccc(F)cc2)C(=C(C)C)C1(C)C. The average Bonchev–Trinajstić information content (AvgIpc) is 2.89. The van der Waals surface area contributed by atoms with Crippen LogP contribution < -0.4 is 0 Å². The van der Waals surface area contributed by atoms with Crippen LogP contribution in [0, 0.1) is 23.0 Å². The summed E-state index contributed by atoms with van der Waals surface area (Å²) in [5.41, 5.74) is 5.77. The van der Waals surface area contributed by atoms with Crippen molar-refractivity contribution in [2.24, 2.45) is 11.3 Å². The van der Waals surface area contributed by atoms with Crippen LogP contribution in [0.4, 0.5) is 8.78 Å². The predicted molar refractivity (Wildman–Crippen MR) is 110 cm³/mol. The Morgan fingerprint density at radius 3 is 1.64 bits per heavy atom. The molecule has 0 spiro atoms. The Bertz CT molecular complexity index is 909. The van der Waals surface area contributed by atoms with Gasteiger partial charge in [-0.15, -0.1) is 0 Å². The minimum absolute atomic E-state index is 0.122. The number of hydrogen-bond donors (Lipinski definition) is 0. The maximum Gasteiger partial charge on any atom is 0.134 e. The van der Waals surface area contributed by atoms with Gasteiger partial charge in [0.2, 0.25) is 0 Å². The Kier molecular flexibility index (Phi) is 5.38. The van der Waals surface area contributed by atoms with Gasteiger partial charge in [0.25, 0.3) is 0 Å². The molecule has 1 saturated carbocycles. The molecular weight excluding hydrogens is 354 g/mol. The topological polar surface area (TPSA) is 17.1 Å². The molecule has 1 aliphatic rings. The van der Waals surface area contributed by atoms with Gasteiger partial charge in [-0.05, 0) is 84.7 Å². The average molecular weight is 380 g/mol. The quantitative estimate of drug-likeness (QED) is 0.576. The van der Waals surface area contributed by atoms with Crippen LogP contribution in [0.15, 0.2) is 65.3 Å². The van der Waals surface area contributed by atoms with Crippen molar-refractivity contribution >= 4 is 11.4 Å². The molecule has 3 heteroatoms. The van der Waals surface area contributed by atoms with Gasteiger partial charge in [-0.2, -0.15) is 0 Å². The monoisotopic (exact) mass is 380 g/mol. The molecule has 0 heterocycles. The highest BCUT2D eigenvalue weighted by Crippen LogP contribution is 2.54. The van der Waals surface area contributed by atoms with E-state index in [1.807, 2.05) is 0 Å². The van der Waals surface area contributed by atoms with Crippen molar-refractivity contribution < 1.29 is 13.6 Å². The molecule has 1 unspecified atom stereocenters. The minimum Gasteiger partial charge on any atom is -0.300 e. The van der Waals surface area contributed by atoms with Gasteiger partial charge in [0.05, 0.1) is 0 Å². The van der Waals surface area contributed by atoms with Gasteiger partial charge in [0.15, 0.2) is 0 Å². The highest BCUT2D eigenvalue weighted by molar-refractivity contribution is 5.89. The van der Waals surface area contributed by atoms with E-state index in [9.17, 15) is 13.6 Å². The summed E-state index contributed by atoms with van der Waals surface area (Å²) in [6, 6.07) is 12.7. The van der Waals surface area contributed by atoms with Crippen LogP contribution in [-0.2, 0) is 4.79 Å². The summed E-state index contributed by atoms with van der Waals surface area (Å²) in [4.78, 5) is 12.4. The van der Waals surface area contributed by atoms with Crippen molar-refractivity contribution in [3.63, 3.8) is 0 Å². The Morgan fingerprint density at radius 1 is 0.857 bits per heavy atom. The number of halogens is 2. The van der Waals surface area contributed by atoms with Gasteiger partial charge >= 0.3 is 0 Å². The molecule has 1 nitrogen and oxygen atoms in total. The number of hydrogen-bond acceptors (Lipinski definition) is 1. The van der Waals surface area contributed by atoms with E-state index >= 15 is 0 Å². The number of allylic oxidation sites excluding steroid dienone is 3. The maximum atomic E-state index is 13.6. The largest absolute Gasteiger partial charge is 0.300 e. The molecule has 0 aromatic heterocycles. The maximum absolute atomic E-state index is 13.6. The third-order valence-electron chi connectivity index (χ3n) is 5.78. The van der Waals surface area contributed by atoms with Gasteiger partial charge in [0, 0.05) is 5.92 Å². The van der Waals surface area contributed by atoms with Gasteiger partial charge < -0.3 is 0 Å². The van der Waals surface area contributed by atoms with Crippen molar-refractivity contribution in [3.8, 4) is 0 Å².